The van der Waals surface area contributed by atoms with Gasteiger partial charge in [0.1, 0.15) is 17.4 Å². The lowest BCUT2D eigenvalue weighted by atomic mass is 10.2. The fourth-order valence-electron chi connectivity index (χ4n) is 3.13. The summed E-state index contributed by atoms with van der Waals surface area (Å²) in [5.74, 6) is 1.24. The fourth-order valence-corrected chi connectivity index (χ4v) is 4.11. The Labute approximate surface area is 169 Å². The van der Waals surface area contributed by atoms with Gasteiger partial charge in [-0.1, -0.05) is 37.7 Å². The number of imidazole rings is 2. The summed E-state index contributed by atoms with van der Waals surface area (Å²) < 4.78 is 4.02. The molecule has 0 aliphatic carbocycles. The first-order valence-corrected chi connectivity index (χ1v) is 10.2. The summed E-state index contributed by atoms with van der Waals surface area (Å²) in [5, 5.41) is 21.2. The SMILES string of the molecule is Cc1nc(SC/C(O)=C(/C#N)c2nc3ccccc3n2C)n(CC(C)C)c1C. The smallest absolute Gasteiger partial charge is 0.168 e. The van der Waals surface area contributed by atoms with Crippen LogP contribution in [0.15, 0.2) is 35.2 Å². The molecular weight excluding hydrogens is 370 g/mol. The number of fused-ring (bicyclic) bond motifs is 1. The van der Waals surface area contributed by atoms with Crippen molar-refractivity contribution >= 4 is 28.4 Å². The third-order valence-corrected chi connectivity index (χ3v) is 5.71. The Morgan fingerprint density at radius 1 is 1.25 bits per heavy atom. The van der Waals surface area contributed by atoms with Crippen LogP contribution in [0.2, 0.25) is 0 Å². The van der Waals surface area contributed by atoms with Gasteiger partial charge >= 0.3 is 0 Å². The fraction of sp³-hybridized carbons (Fsp3) is 0.381. The zero-order valence-corrected chi connectivity index (χ0v) is 17.7. The van der Waals surface area contributed by atoms with E-state index in [0.717, 1.165) is 34.1 Å². The number of aliphatic hydroxyl groups excluding tert-OH is 1. The highest BCUT2D eigenvalue weighted by Crippen LogP contribution is 2.27. The molecule has 146 valence electrons. The van der Waals surface area contributed by atoms with Crippen molar-refractivity contribution in [3.8, 4) is 6.07 Å². The van der Waals surface area contributed by atoms with Crippen LogP contribution in [0.3, 0.4) is 0 Å². The van der Waals surface area contributed by atoms with Crippen LogP contribution in [-0.2, 0) is 13.6 Å². The van der Waals surface area contributed by atoms with E-state index in [2.05, 4.69) is 41.4 Å². The molecule has 0 amide bonds. The second-order valence-electron chi connectivity index (χ2n) is 7.27. The molecule has 0 unspecified atom stereocenters. The molecule has 0 bridgehead atoms. The van der Waals surface area contributed by atoms with Crippen molar-refractivity contribution in [2.24, 2.45) is 13.0 Å². The van der Waals surface area contributed by atoms with Gasteiger partial charge in [-0.2, -0.15) is 5.26 Å². The molecule has 2 heterocycles. The highest BCUT2D eigenvalue weighted by Gasteiger charge is 2.18. The van der Waals surface area contributed by atoms with Gasteiger partial charge in [-0.05, 0) is 31.9 Å². The maximum atomic E-state index is 10.7. The van der Waals surface area contributed by atoms with E-state index in [1.54, 1.807) is 0 Å². The van der Waals surface area contributed by atoms with Gasteiger partial charge in [0.25, 0.3) is 0 Å². The Morgan fingerprint density at radius 2 is 1.96 bits per heavy atom. The lowest BCUT2D eigenvalue weighted by molar-refractivity contribution is 0.420. The van der Waals surface area contributed by atoms with Crippen LogP contribution in [0.5, 0.6) is 0 Å². The van der Waals surface area contributed by atoms with Crippen molar-refractivity contribution in [3.05, 3.63) is 47.2 Å². The number of hydrogen-bond donors (Lipinski definition) is 1. The third kappa shape index (κ3) is 3.78. The normalized spacial score (nSPS) is 12.5. The topological polar surface area (TPSA) is 79.7 Å². The molecular formula is C21H25N5OS. The second kappa shape index (κ2) is 8.11. The average Bonchev–Trinajstić information content (AvgIpc) is 3.12. The summed E-state index contributed by atoms with van der Waals surface area (Å²) >= 11 is 1.44. The van der Waals surface area contributed by atoms with Gasteiger partial charge in [0.15, 0.2) is 11.0 Å². The minimum atomic E-state index is 0.0142. The minimum absolute atomic E-state index is 0.0142. The Kier molecular flexibility index (Phi) is 5.80. The summed E-state index contributed by atoms with van der Waals surface area (Å²) in [6.07, 6.45) is 0. The van der Waals surface area contributed by atoms with E-state index in [9.17, 15) is 10.4 Å². The molecule has 3 aromatic rings. The monoisotopic (exact) mass is 395 g/mol. The van der Waals surface area contributed by atoms with Crippen LogP contribution in [-0.4, -0.2) is 30.0 Å². The molecule has 0 aliphatic rings. The maximum absolute atomic E-state index is 10.7. The highest BCUT2D eigenvalue weighted by molar-refractivity contribution is 7.99. The summed E-state index contributed by atoms with van der Waals surface area (Å²) in [7, 11) is 1.85. The predicted molar refractivity (Wildman–Crippen MR) is 113 cm³/mol. The Morgan fingerprint density at radius 3 is 2.61 bits per heavy atom. The summed E-state index contributed by atoms with van der Waals surface area (Å²) in [6, 6.07) is 9.80. The minimum Gasteiger partial charge on any atom is -0.510 e. The number of aryl methyl sites for hydroxylation is 2. The number of rotatable bonds is 6. The highest BCUT2D eigenvalue weighted by atomic mass is 32.2. The molecule has 0 saturated heterocycles. The van der Waals surface area contributed by atoms with Crippen LogP contribution in [0.1, 0.15) is 31.1 Å². The van der Waals surface area contributed by atoms with Crippen LogP contribution >= 0.6 is 11.8 Å². The third-order valence-electron chi connectivity index (χ3n) is 4.72. The van der Waals surface area contributed by atoms with Crippen molar-refractivity contribution in [1.82, 2.24) is 19.1 Å². The molecule has 0 aliphatic heterocycles. The predicted octanol–water partition coefficient (Wildman–Crippen LogP) is 4.63. The number of nitrogens with zero attached hydrogens (tertiary/aromatic N) is 5. The van der Waals surface area contributed by atoms with Gasteiger partial charge in [0.2, 0.25) is 0 Å². The van der Waals surface area contributed by atoms with E-state index in [1.807, 2.05) is 42.8 Å². The Bertz CT molecular complexity index is 1080. The number of allylic oxidation sites excluding steroid dienone is 1. The first-order valence-electron chi connectivity index (χ1n) is 9.24. The zero-order chi connectivity index (χ0) is 20.4. The van der Waals surface area contributed by atoms with Crippen LogP contribution in [0, 0.1) is 31.1 Å². The average molecular weight is 396 g/mol. The van der Waals surface area contributed by atoms with E-state index < -0.39 is 0 Å². The number of para-hydroxylation sites is 2. The number of thioether (sulfide) groups is 1. The van der Waals surface area contributed by atoms with Crippen molar-refractivity contribution < 1.29 is 5.11 Å². The molecule has 1 aromatic carbocycles. The van der Waals surface area contributed by atoms with Gasteiger partial charge in [-0.25, -0.2) is 9.97 Å². The number of benzene rings is 1. The van der Waals surface area contributed by atoms with E-state index in [4.69, 9.17) is 0 Å². The molecule has 28 heavy (non-hydrogen) atoms. The van der Waals surface area contributed by atoms with Crippen LogP contribution in [0.4, 0.5) is 0 Å². The first-order chi connectivity index (χ1) is 13.3. The lowest BCUT2D eigenvalue weighted by Gasteiger charge is -2.12. The van der Waals surface area contributed by atoms with Gasteiger partial charge in [-0.15, -0.1) is 0 Å². The Balaban J connectivity index is 1.91. The van der Waals surface area contributed by atoms with Crippen molar-refractivity contribution in [1.29, 1.82) is 5.26 Å². The molecule has 3 rings (SSSR count). The first kappa shape index (κ1) is 20.0. The maximum Gasteiger partial charge on any atom is 0.168 e. The molecule has 0 spiro atoms. The molecule has 0 radical (unpaired) electrons. The van der Waals surface area contributed by atoms with E-state index in [0.29, 0.717) is 11.7 Å². The largest absolute Gasteiger partial charge is 0.510 e. The number of aromatic nitrogens is 4. The van der Waals surface area contributed by atoms with Crippen LogP contribution in [0.25, 0.3) is 16.6 Å². The van der Waals surface area contributed by atoms with E-state index >= 15 is 0 Å². The summed E-state index contributed by atoms with van der Waals surface area (Å²) in [4.78, 5) is 9.16. The van der Waals surface area contributed by atoms with Crippen molar-refractivity contribution in [3.63, 3.8) is 0 Å². The standard InChI is InChI=1S/C21H25N5OS/c1-13(2)11-26-15(4)14(3)23-21(26)28-12-19(27)16(10-22)20-24-17-8-6-7-9-18(17)25(20)5/h6-9,13,27H,11-12H2,1-5H3/b19-16+. The lowest BCUT2D eigenvalue weighted by Crippen LogP contribution is -2.08. The molecule has 0 fully saturated rings. The quantitative estimate of drug-likeness (QED) is 0.374. The van der Waals surface area contributed by atoms with E-state index in [1.165, 1.54) is 11.8 Å². The van der Waals surface area contributed by atoms with Gasteiger partial charge in [0.05, 0.1) is 22.5 Å². The molecule has 7 heteroatoms. The van der Waals surface area contributed by atoms with E-state index in [-0.39, 0.29) is 17.1 Å². The van der Waals surface area contributed by atoms with Gasteiger partial charge in [0, 0.05) is 19.3 Å². The summed E-state index contributed by atoms with van der Waals surface area (Å²) in [6.45, 7) is 9.26. The van der Waals surface area contributed by atoms with Gasteiger partial charge < -0.3 is 14.2 Å². The Hall–Kier alpha value is -2.72. The second-order valence-corrected chi connectivity index (χ2v) is 8.22. The van der Waals surface area contributed by atoms with Crippen molar-refractivity contribution in [2.75, 3.05) is 5.75 Å². The van der Waals surface area contributed by atoms with Crippen molar-refractivity contribution in [2.45, 2.75) is 39.4 Å². The summed E-state index contributed by atoms with van der Waals surface area (Å²) in [5.41, 5.74) is 4.04. The number of aliphatic hydroxyl groups is 1. The molecule has 0 atom stereocenters. The molecule has 1 N–H and O–H groups in total. The molecule has 2 aromatic heterocycles. The number of nitriles is 1. The van der Waals surface area contributed by atoms with Gasteiger partial charge in [-0.3, -0.25) is 0 Å². The zero-order valence-electron chi connectivity index (χ0n) is 16.9. The van der Waals surface area contributed by atoms with Crippen LogP contribution < -0.4 is 0 Å². The molecule has 6 nitrogen and oxygen atoms in total. The molecule has 0 saturated carbocycles. The number of hydrogen-bond acceptors (Lipinski definition) is 5.